The summed E-state index contributed by atoms with van der Waals surface area (Å²) in [6.45, 7) is 2.22. The van der Waals surface area contributed by atoms with E-state index in [4.69, 9.17) is 4.42 Å². The molecule has 2 heterocycles. The highest BCUT2D eigenvalue weighted by Crippen LogP contribution is 2.19. The average Bonchev–Trinajstić information content (AvgIpc) is 2.38. The van der Waals surface area contributed by atoms with E-state index in [0.29, 0.717) is 24.6 Å². The smallest absolute Gasteiger partial charge is 0.233 e. The molecule has 1 aromatic rings. The molecule has 4 heteroatoms. The Hall–Kier alpha value is -1.03. The molecule has 60 valence electrons. The number of aromatic nitrogens is 1. The molecule has 2 rings (SSSR count). The first-order valence-corrected chi connectivity index (χ1v) is 3.55. The van der Waals surface area contributed by atoms with E-state index in [1.54, 1.807) is 11.5 Å². The number of hydrogen-bond acceptors (Lipinski definition) is 3. The van der Waals surface area contributed by atoms with Crippen LogP contribution in [0.3, 0.4) is 0 Å². The van der Waals surface area contributed by atoms with Crippen molar-refractivity contribution in [2.75, 3.05) is 0 Å². The number of aryl methyl sites for hydroxylation is 1. The van der Waals surface area contributed by atoms with Crippen molar-refractivity contribution in [3.63, 3.8) is 0 Å². The lowest BCUT2D eigenvalue weighted by molar-refractivity contribution is -0.704. The van der Waals surface area contributed by atoms with Gasteiger partial charge >= 0.3 is 0 Å². The molecule has 0 saturated heterocycles. The van der Waals surface area contributed by atoms with Crippen molar-refractivity contribution < 1.29 is 19.2 Å². The van der Waals surface area contributed by atoms with Crippen LogP contribution in [0.15, 0.2) is 4.42 Å². The molecule has 0 radical (unpaired) electrons. The van der Waals surface area contributed by atoms with Gasteiger partial charge in [0.25, 0.3) is 0 Å². The van der Waals surface area contributed by atoms with Crippen molar-refractivity contribution in [3.05, 3.63) is 11.6 Å². The van der Waals surface area contributed by atoms with E-state index in [2.05, 4.69) is 0 Å². The lowest BCUT2D eigenvalue weighted by Crippen LogP contribution is -2.35. The van der Waals surface area contributed by atoms with E-state index in [1.807, 2.05) is 0 Å². The molecule has 0 unspecified atom stereocenters. The second-order valence-corrected chi connectivity index (χ2v) is 2.82. The van der Waals surface area contributed by atoms with E-state index in [-0.39, 0.29) is 5.95 Å². The van der Waals surface area contributed by atoms with E-state index in [0.717, 1.165) is 0 Å². The van der Waals surface area contributed by atoms with Crippen LogP contribution in [0.25, 0.3) is 0 Å². The number of aliphatic hydroxyl groups excluding tert-OH is 1. The summed E-state index contributed by atoms with van der Waals surface area (Å²) in [5.41, 5.74) is 0.593. The Morgan fingerprint density at radius 2 is 2.45 bits per heavy atom. The molecule has 1 aromatic heterocycles. The third kappa shape index (κ3) is 0.826. The topological polar surface area (TPSA) is 60.3 Å². The molecule has 11 heavy (non-hydrogen) atoms. The SMILES string of the molecule is Cc1oc([O-])c2[n+]1C[C@H](O)C2. The summed E-state index contributed by atoms with van der Waals surface area (Å²) < 4.78 is 6.56. The molecule has 0 aromatic carbocycles. The van der Waals surface area contributed by atoms with Crippen molar-refractivity contribution >= 4 is 0 Å². The predicted molar refractivity (Wildman–Crippen MR) is 32.8 cm³/mol. The first-order valence-electron chi connectivity index (χ1n) is 3.55. The normalized spacial score (nSPS) is 22.2. The van der Waals surface area contributed by atoms with Gasteiger partial charge in [-0.15, -0.1) is 0 Å². The summed E-state index contributed by atoms with van der Waals surface area (Å²) in [5.74, 6) is 0.278. The lowest BCUT2D eigenvalue weighted by Gasteiger charge is -1.94. The molecule has 0 saturated carbocycles. The molecule has 1 aliphatic rings. The Kier molecular flexibility index (Phi) is 1.20. The standard InChI is InChI=1S/C7H9NO3/c1-4-8-3-5(9)2-6(8)7(10)11-4/h5,9H,2-3H2,1H3/t5-/m1/s1. The maximum absolute atomic E-state index is 11.0. The van der Waals surface area contributed by atoms with Crippen LogP contribution < -0.4 is 9.67 Å². The molecule has 0 fully saturated rings. The Labute approximate surface area is 63.7 Å². The van der Waals surface area contributed by atoms with Crippen LogP contribution in [0, 0.1) is 6.92 Å². The summed E-state index contributed by atoms with van der Waals surface area (Å²) in [7, 11) is 0. The predicted octanol–water partition coefficient (Wildman–Crippen LogP) is -1.13. The molecular formula is C7H9NO3. The third-order valence-electron chi connectivity index (χ3n) is 2.00. The molecule has 1 aliphatic heterocycles. The van der Waals surface area contributed by atoms with Gasteiger partial charge in [0, 0.05) is 6.92 Å². The number of aliphatic hydroxyl groups is 1. The minimum absolute atomic E-state index is 0.306. The van der Waals surface area contributed by atoms with Crippen LogP contribution in [0.1, 0.15) is 11.6 Å². The largest absolute Gasteiger partial charge is 0.540 e. The maximum Gasteiger partial charge on any atom is 0.233 e. The minimum atomic E-state index is -0.409. The van der Waals surface area contributed by atoms with Crippen LogP contribution >= 0.6 is 0 Å². The fourth-order valence-electron chi connectivity index (χ4n) is 1.48. The lowest BCUT2D eigenvalue weighted by atomic mass is 10.3. The summed E-state index contributed by atoms with van der Waals surface area (Å²) >= 11 is 0. The van der Waals surface area contributed by atoms with Gasteiger partial charge in [-0.3, -0.25) is 0 Å². The van der Waals surface area contributed by atoms with Gasteiger partial charge in [0.15, 0.2) is 6.54 Å². The van der Waals surface area contributed by atoms with Crippen molar-refractivity contribution in [1.29, 1.82) is 0 Å². The van der Waals surface area contributed by atoms with Gasteiger partial charge in [-0.1, -0.05) is 0 Å². The quantitative estimate of drug-likeness (QED) is 0.482. The zero-order valence-electron chi connectivity index (χ0n) is 6.20. The van der Waals surface area contributed by atoms with Crippen LogP contribution in [-0.4, -0.2) is 11.2 Å². The van der Waals surface area contributed by atoms with Crippen molar-refractivity contribution in [2.45, 2.75) is 26.0 Å². The first kappa shape index (κ1) is 6.67. The van der Waals surface area contributed by atoms with Crippen LogP contribution in [0.5, 0.6) is 5.95 Å². The Balaban J connectivity index is 2.51. The molecule has 0 bridgehead atoms. The van der Waals surface area contributed by atoms with E-state index < -0.39 is 6.10 Å². The summed E-state index contributed by atoms with van der Waals surface area (Å²) in [4.78, 5) is 0. The van der Waals surface area contributed by atoms with Gasteiger partial charge in [-0.2, -0.15) is 4.57 Å². The monoisotopic (exact) mass is 155 g/mol. The van der Waals surface area contributed by atoms with Crippen molar-refractivity contribution in [1.82, 2.24) is 0 Å². The second-order valence-electron chi connectivity index (χ2n) is 2.82. The molecule has 0 amide bonds. The fraction of sp³-hybridized carbons (Fsp3) is 0.571. The van der Waals surface area contributed by atoms with Gasteiger partial charge in [0.05, 0.1) is 6.42 Å². The van der Waals surface area contributed by atoms with E-state index in [1.165, 1.54) is 0 Å². The summed E-state index contributed by atoms with van der Waals surface area (Å²) in [6, 6.07) is 0. The number of fused-ring (bicyclic) bond motifs is 1. The molecule has 1 atom stereocenters. The highest BCUT2D eigenvalue weighted by atomic mass is 16.5. The first-order chi connectivity index (χ1) is 5.18. The number of rotatable bonds is 0. The average molecular weight is 155 g/mol. The maximum atomic E-state index is 11.0. The van der Waals surface area contributed by atoms with Crippen LogP contribution in [0.4, 0.5) is 0 Å². The van der Waals surface area contributed by atoms with E-state index in [9.17, 15) is 10.2 Å². The second kappa shape index (κ2) is 1.98. The highest BCUT2D eigenvalue weighted by Gasteiger charge is 2.31. The van der Waals surface area contributed by atoms with Crippen molar-refractivity contribution in [3.8, 4) is 5.95 Å². The van der Waals surface area contributed by atoms with Gasteiger partial charge < -0.3 is 14.6 Å². The number of hydrogen-bond donors (Lipinski definition) is 1. The Bertz CT molecular complexity index is 266. The van der Waals surface area contributed by atoms with Crippen molar-refractivity contribution in [2.24, 2.45) is 0 Å². The molecule has 4 nitrogen and oxygen atoms in total. The fourth-order valence-corrected chi connectivity index (χ4v) is 1.48. The molecule has 0 spiro atoms. The number of nitrogens with zero attached hydrogens (tertiary/aromatic N) is 1. The zero-order valence-corrected chi connectivity index (χ0v) is 6.20. The van der Waals surface area contributed by atoms with Crippen LogP contribution in [-0.2, 0) is 13.0 Å². The van der Waals surface area contributed by atoms with Gasteiger partial charge in [0.1, 0.15) is 12.1 Å². The molecular weight excluding hydrogens is 146 g/mol. The summed E-state index contributed by atoms with van der Waals surface area (Å²) in [5, 5.41) is 20.2. The van der Waals surface area contributed by atoms with Gasteiger partial charge in [-0.05, 0) is 0 Å². The Morgan fingerprint density at radius 3 is 3.09 bits per heavy atom. The van der Waals surface area contributed by atoms with Gasteiger partial charge in [-0.25, -0.2) is 0 Å². The third-order valence-corrected chi connectivity index (χ3v) is 2.00. The minimum Gasteiger partial charge on any atom is -0.540 e. The summed E-state index contributed by atoms with van der Waals surface area (Å²) in [6.07, 6.45) is 0.0173. The van der Waals surface area contributed by atoms with Gasteiger partial charge in [0.2, 0.25) is 11.6 Å². The molecule has 1 N–H and O–H groups in total. The van der Waals surface area contributed by atoms with Crippen LogP contribution in [0.2, 0.25) is 0 Å². The molecule has 0 aliphatic carbocycles. The number of oxazole rings is 1. The highest BCUT2D eigenvalue weighted by molar-refractivity contribution is 5.09. The van der Waals surface area contributed by atoms with E-state index >= 15 is 0 Å². The Morgan fingerprint density at radius 1 is 1.73 bits per heavy atom. The zero-order chi connectivity index (χ0) is 8.01.